The molecule has 8 heteroatoms. The summed E-state index contributed by atoms with van der Waals surface area (Å²) >= 11 is 6.58. The smallest absolute Gasteiger partial charge is 0.252 e. The molecule has 2 aromatic heterocycles. The summed E-state index contributed by atoms with van der Waals surface area (Å²) in [5.74, 6) is -0.270. The van der Waals surface area contributed by atoms with Crippen LogP contribution in [0.3, 0.4) is 0 Å². The third-order valence-corrected chi connectivity index (χ3v) is 4.23. The van der Waals surface area contributed by atoms with Crippen LogP contribution >= 0.6 is 31.9 Å². The molecule has 0 aliphatic heterocycles. The van der Waals surface area contributed by atoms with E-state index in [1.54, 1.807) is 24.5 Å². The Morgan fingerprint density at radius 3 is 1.60 bits per heavy atom. The maximum absolute atomic E-state index is 11.9. The molecule has 25 heavy (non-hydrogen) atoms. The van der Waals surface area contributed by atoms with Gasteiger partial charge in [-0.2, -0.15) is 0 Å². The average molecular weight is 470 g/mol. The van der Waals surface area contributed by atoms with Crippen LogP contribution in [0.2, 0.25) is 0 Å². The Balaban J connectivity index is 1.58. The molecule has 0 aliphatic carbocycles. The average Bonchev–Trinajstić information content (AvgIpc) is 2.60. The maximum atomic E-state index is 11.9. The second-order valence-corrected chi connectivity index (χ2v) is 7.19. The predicted molar refractivity (Wildman–Crippen MR) is 102 cm³/mol. The molecule has 0 aromatic carbocycles. The summed E-state index contributed by atoms with van der Waals surface area (Å²) < 4.78 is 1.55. The lowest BCUT2D eigenvalue weighted by molar-refractivity contribution is 0.0947. The summed E-state index contributed by atoms with van der Waals surface area (Å²) in [5.41, 5.74) is 1.06. The molecule has 6 nitrogen and oxygen atoms in total. The van der Waals surface area contributed by atoms with E-state index in [2.05, 4.69) is 52.5 Å². The van der Waals surface area contributed by atoms with Crippen LogP contribution in [0.4, 0.5) is 0 Å². The first-order valence-electron chi connectivity index (χ1n) is 7.84. The predicted octanol–water partition coefficient (Wildman–Crippen LogP) is 3.33. The van der Waals surface area contributed by atoms with Gasteiger partial charge in [0.15, 0.2) is 0 Å². The Morgan fingerprint density at radius 2 is 1.20 bits per heavy atom. The van der Waals surface area contributed by atoms with Crippen LogP contribution in [-0.4, -0.2) is 34.9 Å². The Labute approximate surface area is 163 Å². The van der Waals surface area contributed by atoms with Crippen molar-refractivity contribution in [2.75, 3.05) is 13.1 Å². The lowest BCUT2D eigenvalue weighted by atomic mass is 10.2. The molecule has 0 aliphatic rings. The third-order valence-electron chi connectivity index (χ3n) is 3.36. The number of hydrogen-bond donors (Lipinski definition) is 2. The molecule has 2 amide bonds. The Bertz CT molecular complexity index is 679. The lowest BCUT2D eigenvalue weighted by Crippen LogP contribution is -2.26. The fourth-order valence-electron chi connectivity index (χ4n) is 2.11. The highest BCUT2D eigenvalue weighted by molar-refractivity contribution is 9.10. The molecule has 132 valence electrons. The Hall–Kier alpha value is -1.80. The largest absolute Gasteiger partial charge is 0.352 e. The lowest BCUT2D eigenvalue weighted by Gasteiger charge is -2.07. The van der Waals surface area contributed by atoms with Crippen LogP contribution in [0, 0.1) is 0 Å². The van der Waals surface area contributed by atoms with E-state index in [1.807, 2.05) is 0 Å². The number of halogens is 2. The zero-order valence-electron chi connectivity index (χ0n) is 13.5. The zero-order valence-corrected chi connectivity index (χ0v) is 16.6. The minimum absolute atomic E-state index is 0.135. The van der Waals surface area contributed by atoms with Gasteiger partial charge in [-0.05, 0) is 63.3 Å². The van der Waals surface area contributed by atoms with Crippen LogP contribution in [0.1, 0.15) is 40.0 Å². The minimum atomic E-state index is -0.135. The van der Waals surface area contributed by atoms with Gasteiger partial charge < -0.3 is 10.6 Å². The molecule has 2 N–H and O–H groups in total. The van der Waals surface area contributed by atoms with Gasteiger partial charge in [-0.3, -0.25) is 19.6 Å². The van der Waals surface area contributed by atoms with E-state index in [4.69, 9.17) is 0 Å². The van der Waals surface area contributed by atoms with Gasteiger partial charge in [0.25, 0.3) is 11.8 Å². The maximum Gasteiger partial charge on any atom is 0.252 e. The van der Waals surface area contributed by atoms with Crippen molar-refractivity contribution < 1.29 is 9.59 Å². The van der Waals surface area contributed by atoms with Crippen molar-refractivity contribution in [3.8, 4) is 0 Å². The van der Waals surface area contributed by atoms with E-state index in [-0.39, 0.29) is 11.8 Å². The number of carbonyl (C=O) groups excluding carboxylic acids is 2. The molecular weight excluding hydrogens is 452 g/mol. The molecular formula is C17H18Br2N4O2. The first kappa shape index (κ1) is 19.5. The third kappa shape index (κ3) is 6.91. The van der Waals surface area contributed by atoms with Crippen LogP contribution in [0.15, 0.2) is 45.9 Å². The monoisotopic (exact) mass is 468 g/mol. The van der Waals surface area contributed by atoms with Crippen molar-refractivity contribution in [1.29, 1.82) is 0 Å². The van der Waals surface area contributed by atoms with E-state index in [0.717, 1.165) is 28.2 Å². The first-order chi connectivity index (χ1) is 12.1. The van der Waals surface area contributed by atoms with Crippen molar-refractivity contribution in [2.24, 2.45) is 0 Å². The van der Waals surface area contributed by atoms with Crippen LogP contribution in [-0.2, 0) is 0 Å². The van der Waals surface area contributed by atoms with Gasteiger partial charge in [-0.25, -0.2) is 0 Å². The fourth-order valence-corrected chi connectivity index (χ4v) is 2.84. The number of hydrogen-bond acceptors (Lipinski definition) is 4. The molecule has 0 spiro atoms. The van der Waals surface area contributed by atoms with Gasteiger partial charge >= 0.3 is 0 Å². The standard InChI is InChI=1S/C17H18Br2N4O2/c18-14-6-12(8-20-10-14)16(24)22-4-2-1-3-5-23-17(25)13-7-15(19)11-21-9-13/h6-11H,1-5H2,(H,22,24)(H,23,25). The summed E-state index contributed by atoms with van der Waals surface area (Å²) in [6.45, 7) is 1.18. The molecule has 0 atom stereocenters. The van der Waals surface area contributed by atoms with Crippen molar-refractivity contribution in [1.82, 2.24) is 20.6 Å². The molecule has 0 saturated carbocycles. The van der Waals surface area contributed by atoms with E-state index in [9.17, 15) is 9.59 Å². The van der Waals surface area contributed by atoms with Gasteiger partial charge in [0.05, 0.1) is 11.1 Å². The van der Waals surface area contributed by atoms with E-state index in [0.29, 0.717) is 24.2 Å². The molecule has 0 saturated heterocycles. The van der Waals surface area contributed by atoms with Crippen molar-refractivity contribution >= 4 is 43.7 Å². The molecule has 2 heterocycles. The normalized spacial score (nSPS) is 10.3. The summed E-state index contributed by atoms with van der Waals surface area (Å²) in [6.07, 6.45) is 8.94. The number of rotatable bonds is 8. The minimum Gasteiger partial charge on any atom is -0.352 e. The number of amides is 2. The number of nitrogens with zero attached hydrogens (tertiary/aromatic N) is 2. The number of aromatic nitrogens is 2. The highest BCUT2D eigenvalue weighted by Gasteiger charge is 2.06. The van der Waals surface area contributed by atoms with Crippen molar-refractivity contribution in [3.63, 3.8) is 0 Å². The SMILES string of the molecule is O=C(NCCCCCNC(=O)c1cncc(Br)c1)c1cncc(Br)c1. The zero-order chi connectivity index (χ0) is 18.1. The molecule has 0 bridgehead atoms. The molecule has 2 rings (SSSR count). The van der Waals surface area contributed by atoms with E-state index >= 15 is 0 Å². The van der Waals surface area contributed by atoms with Gasteiger partial charge in [0, 0.05) is 46.8 Å². The van der Waals surface area contributed by atoms with Crippen LogP contribution in [0.5, 0.6) is 0 Å². The number of nitrogens with one attached hydrogen (secondary N) is 2. The molecule has 0 radical (unpaired) electrons. The van der Waals surface area contributed by atoms with Crippen LogP contribution in [0.25, 0.3) is 0 Å². The number of pyridine rings is 2. The number of unbranched alkanes of at least 4 members (excludes halogenated alkanes) is 2. The summed E-state index contributed by atoms with van der Waals surface area (Å²) in [4.78, 5) is 31.8. The van der Waals surface area contributed by atoms with E-state index < -0.39 is 0 Å². The van der Waals surface area contributed by atoms with E-state index in [1.165, 1.54) is 12.4 Å². The molecule has 2 aromatic rings. The van der Waals surface area contributed by atoms with Gasteiger partial charge in [-0.15, -0.1) is 0 Å². The topological polar surface area (TPSA) is 84.0 Å². The van der Waals surface area contributed by atoms with Crippen molar-refractivity contribution in [2.45, 2.75) is 19.3 Å². The van der Waals surface area contributed by atoms with Crippen molar-refractivity contribution in [3.05, 3.63) is 57.0 Å². The second-order valence-electron chi connectivity index (χ2n) is 5.36. The highest BCUT2D eigenvalue weighted by atomic mass is 79.9. The summed E-state index contributed by atoms with van der Waals surface area (Å²) in [6, 6.07) is 3.46. The summed E-state index contributed by atoms with van der Waals surface area (Å²) in [5, 5.41) is 5.71. The van der Waals surface area contributed by atoms with Gasteiger partial charge in [-0.1, -0.05) is 0 Å². The Morgan fingerprint density at radius 1 is 0.760 bits per heavy atom. The van der Waals surface area contributed by atoms with Gasteiger partial charge in [0.1, 0.15) is 0 Å². The Kier molecular flexibility index (Phi) is 8.00. The second kappa shape index (κ2) is 10.2. The van der Waals surface area contributed by atoms with Crippen LogP contribution < -0.4 is 10.6 Å². The fraction of sp³-hybridized carbons (Fsp3) is 0.294. The highest BCUT2D eigenvalue weighted by Crippen LogP contribution is 2.10. The number of carbonyl (C=O) groups is 2. The first-order valence-corrected chi connectivity index (χ1v) is 9.42. The van der Waals surface area contributed by atoms with Gasteiger partial charge in [0.2, 0.25) is 0 Å². The molecule has 0 unspecified atom stereocenters. The quantitative estimate of drug-likeness (QED) is 0.580. The molecule has 0 fully saturated rings. The summed E-state index contributed by atoms with van der Waals surface area (Å²) in [7, 11) is 0.